The molecule has 31 heavy (non-hydrogen) atoms. The van der Waals surface area contributed by atoms with Gasteiger partial charge in [0.2, 0.25) is 0 Å². The van der Waals surface area contributed by atoms with Crippen molar-refractivity contribution < 1.29 is 9.53 Å². The van der Waals surface area contributed by atoms with Crippen LogP contribution in [0.2, 0.25) is 0 Å². The third-order valence-corrected chi connectivity index (χ3v) is 5.54. The highest BCUT2D eigenvalue weighted by atomic mass is 79.9. The van der Waals surface area contributed by atoms with Gasteiger partial charge >= 0.3 is 5.97 Å². The number of carbonyl (C=O) groups excluding carboxylic acids is 1. The van der Waals surface area contributed by atoms with Crippen LogP contribution in [0.5, 0.6) is 0 Å². The molecule has 1 aliphatic heterocycles. The second-order valence-corrected chi connectivity index (χ2v) is 8.03. The van der Waals surface area contributed by atoms with E-state index in [2.05, 4.69) is 21.2 Å². The SMILES string of the molecule is O=C1OC(c2cn(-c3ccccc3)nc2-c2ccccc2)C=C1Nc1ccc(Br)cc1. The Labute approximate surface area is 188 Å². The van der Waals surface area contributed by atoms with Gasteiger partial charge in [-0.3, -0.25) is 0 Å². The molecule has 0 aliphatic carbocycles. The largest absolute Gasteiger partial charge is 0.448 e. The van der Waals surface area contributed by atoms with Crippen LogP contribution < -0.4 is 5.32 Å². The minimum Gasteiger partial charge on any atom is -0.448 e. The van der Waals surface area contributed by atoms with Crippen molar-refractivity contribution >= 4 is 27.6 Å². The first-order chi connectivity index (χ1) is 15.2. The van der Waals surface area contributed by atoms with Crippen LogP contribution in [0.25, 0.3) is 16.9 Å². The fraction of sp³-hybridized carbons (Fsp3) is 0.0400. The highest BCUT2D eigenvalue weighted by molar-refractivity contribution is 9.10. The lowest BCUT2D eigenvalue weighted by Crippen LogP contribution is -2.08. The van der Waals surface area contributed by atoms with Gasteiger partial charge in [0.25, 0.3) is 0 Å². The monoisotopic (exact) mass is 471 g/mol. The van der Waals surface area contributed by atoms with Gasteiger partial charge in [0.05, 0.1) is 11.4 Å². The minimum atomic E-state index is -0.530. The van der Waals surface area contributed by atoms with E-state index in [9.17, 15) is 4.79 Å². The summed E-state index contributed by atoms with van der Waals surface area (Å²) >= 11 is 3.42. The fourth-order valence-electron chi connectivity index (χ4n) is 3.50. The first kappa shape index (κ1) is 19.3. The second kappa shape index (κ2) is 8.24. The summed E-state index contributed by atoms with van der Waals surface area (Å²) in [4.78, 5) is 12.6. The Kier molecular flexibility index (Phi) is 5.14. The van der Waals surface area contributed by atoms with Crippen molar-refractivity contribution in [3.8, 4) is 16.9 Å². The van der Waals surface area contributed by atoms with E-state index in [4.69, 9.17) is 9.84 Å². The number of benzene rings is 3. The van der Waals surface area contributed by atoms with E-state index in [0.29, 0.717) is 5.70 Å². The molecule has 0 bridgehead atoms. The highest BCUT2D eigenvalue weighted by Gasteiger charge is 2.30. The molecular weight excluding hydrogens is 454 g/mol. The lowest BCUT2D eigenvalue weighted by molar-refractivity contribution is -0.139. The molecule has 0 saturated carbocycles. The van der Waals surface area contributed by atoms with Gasteiger partial charge in [0.15, 0.2) is 6.10 Å². The first-order valence-electron chi connectivity index (χ1n) is 9.83. The Balaban J connectivity index is 1.53. The van der Waals surface area contributed by atoms with Crippen LogP contribution >= 0.6 is 15.9 Å². The number of nitrogens with zero attached hydrogens (tertiary/aromatic N) is 2. The summed E-state index contributed by atoms with van der Waals surface area (Å²) in [5.41, 5.74) is 4.74. The lowest BCUT2D eigenvalue weighted by atomic mass is 10.0. The maximum Gasteiger partial charge on any atom is 0.355 e. The standard InChI is InChI=1S/C25H18BrN3O2/c26-18-11-13-19(14-12-18)27-22-15-23(31-25(22)30)21-16-29(20-9-5-2-6-10-20)28-24(21)17-7-3-1-4-8-17/h1-16,23,27H. The molecule has 6 heteroatoms. The molecule has 1 unspecified atom stereocenters. The van der Waals surface area contributed by atoms with Gasteiger partial charge in [-0.15, -0.1) is 0 Å². The zero-order valence-corrected chi connectivity index (χ0v) is 18.0. The molecule has 152 valence electrons. The molecule has 0 spiro atoms. The molecule has 0 fully saturated rings. The minimum absolute atomic E-state index is 0.389. The summed E-state index contributed by atoms with van der Waals surface area (Å²) < 4.78 is 8.50. The van der Waals surface area contributed by atoms with E-state index in [0.717, 1.165) is 32.7 Å². The highest BCUT2D eigenvalue weighted by Crippen LogP contribution is 2.35. The third kappa shape index (κ3) is 4.02. The number of anilines is 1. The van der Waals surface area contributed by atoms with Crippen molar-refractivity contribution in [2.24, 2.45) is 0 Å². The van der Waals surface area contributed by atoms with Crippen molar-refractivity contribution in [2.75, 3.05) is 5.32 Å². The van der Waals surface area contributed by atoms with Crippen molar-refractivity contribution in [1.82, 2.24) is 9.78 Å². The summed E-state index contributed by atoms with van der Waals surface area (Å²) in [6.07, 6.45) is 3.20. The number of aromatic nitrogens is 2. The number of carbonyl (C=O) groups is 1. The van der Waals surface area contributed by atoms with E-state index in [-0.39, 0.29) is 5.97 Å². The summed E-state index contributed by atoms with van der Waals surface area (Å²) in [6.45, 7) is 0. The summed E-state index contributed by atoms with van der Waals surface area (Å²) in [5.74, 6) is -0.389. The number of nitrogens with one attached hydrogen (secondary N) is 1. The average molecular weight is 472 g/mol. The van der Waals surface area contributed by atoms with Crippen LogP contribution in [0, 0.1) is 0 Å². The van der Waals surface area contributed by atoms with Gasteiger partial charge in [-0.05, 0) is 42.5 Å². The maximum atomic E-state index is 12.6. The number of hydrogen-bond donors (Lipinski definition) is 1. The van der Waals surface area contributed by atoms with Crippen LogP contribution in [-0.2, 0) is 9.53 Å². The van der Waals surface area contributed by atoms with E-state index >= 15 is 0 Å². The quantitative estimate of drug-likeness (QED) is 0.368. The summed E-state index contributed by atoms with van der Waals surface area (Å²) in [7, 11) is 0. The van der Waals surface area contributed by atoms with E-state index in [1.807, 2.05) is 102 Å². The van der Waals surface area contributed by atoms with E-state index in [1.54, 1.807) is 0 Å². The molecule has 5 nitrogen and oxygen atoms in total. The molecule has 1 aromatic heterocycles. The number of para-hydroxylation sites is 1. The van der Waals surface area contributed by atoms with Crippen LogP contribution in [0.4, 0.5) is 5.69 Å². The van der Waals surface area contributed by atoms with E-state index < -0.39 is 6.10 Å². The second-order valence-electron chi connectivity index (χ2n) is 7.12. The zero-order chi connectivity index (χ0) is 21.2. The number of esters is 1. The Morgan fingerprint density at radius 2 is 1.58 bits per heavy atom. The number of halogens is 1. The van der Waals surface area contributed by atoms with Crippen LogP contribution in [0.1, 0.15) is 11.7 Å². The Hall–Kier alpha value is -3.64. The number of rotatable bonds is 5. The van der Waals surface area contributed by atoms with Crippen molar-refractivity contribution in [3.63, 3.8) is 0 Å². The van der Waals surface area contributed by atoms with Gasteiger partial charge in [-0.2, -0.15) is 5.10 Å². The van der Waals surface area contributed by atoms with Gasteiger partial charge in [-0.25, -0.2) is 9.48 Å². The fourth-order valence-corrected chi connectivity index (χ4v) is 3.76. The molecule has 2 heterocycles. The van der Waals surface area contributed by atoms with Gasteiger partial charge < -0.3 is 10.1 Å². The molecule has 5 rings (SSSR count). The average Bonchev–Trinajstić information content (AvgIpc) is 3.41. The molecule has 1 atom stereocenters. The number of ether oxygens (including phenoxy) is 1. The predicted molar refractivity (Wildman–Crippen MR) is 124 cm³/mol. The van der Waals surface area contributed by atoms with Crippen LogP contribution in [0.3, 0.4) is 0 Å². The first-order valence-corrected chi connectivity index (χ1v) is 10.6. The molecule has 0 saturated heterocycles. The molecule has 0 amide bonds. The molecule has 1 N–H and O–H groups in total. The topological polar surface area (TPSA) is 56.2 Å². The van der Waals surface area contributed by atoms with Gasteiger partial charge in [0.1, 0.15) is 5.70 Å². The van der Waals surface area contributed by atoms with Crippen molar-refractivity contribution in [3.05, 3.63) is 113 Å². The van der Waals surface area contributed by atoms with Gasteiger partial charge in [0, 0.05) is 27.5 Å². The Morgan fingerprint density at radius 3 is 2.29 bits per heavy atom. The van der Waals surface area contributed by atoms with Crippen LogP contribution in [0.15, 0.2) is 107 Å². The smallest absolute Gasteiger partial charge is 0.355 e. The maximum absolute atomic E-state index is 12.6. The number of cyclic esters (lactones) is 1. The predicted octanol–water partition coefficient (Wildman–Crippen LogP) is 5.90. The lowest BCUT2D eigenvalue weighted by Gasteiger charge is -2.08. The third-order valence-electron chi connectivity index (χ3n) is 5.01. The normalized spacial score (nSPS) is 15.5. The summed E-state index contributed by atoms with van der Waals surface area (Å²) in [5, 5.41) is 7.96. The van der Waals surface area contributed by atoms with Crippen molar-refractivity contribution in [1.29, 1.82) is 0 Å². The molecular formula is C25H18BrN3O2. The molecule has 0 radical (unpaired) electrons. The molecule has 3 aromatic carbocycles. The van der Waals surface area contributed by atoms with Crippen molar-refractivity contribution in [2.45, 2.75) is 6.10 Å². The molecule has 4 aromatic rings. The molecule has 1 aliphatic rings. The summed E-state index contributed by atoms with van der Waals surface area (Å²) in [6, 6.07) is 27.4. The van der Waals surface area contributed by atoms with Crippen LogP contribution in [-0.4, -0.2) is 15.7 Å². The Morgan fingerprint density at radius 1 is 0.903 bits per heavy atom. The van der Waals surface area contributed by atoms with E-state index in [1.165, 1.54) is 0 Å². The number of hydrogen-bond acceptors (Lipinski definition) is 4. The Bertz CT molecular complexity index is 1250. The van der Waals surface area contributed by atoms with Gasteiger partial charge in [-0.1, -0.05) is 64.5 Å². The zero-order valence-electron chi connectivity index (χ0n) is 16.4.